The number of hydrogen-bond acceptors (Lipinski definition) is 5. The number of benzene rings is 1. The number of nitrogens with zero attached hydrogens (tertiary/aromatic N) is 1. The SMILES string of the molecule is Cc1noc(C)c1COc1ccccc1C(=O)NCC(C)(O)CCC(C)C. The molecule has 1 atom stereocenters. The van der Waals surface area contributed by atoms with Gasteiger partial charge in [0.15, 0.2) is 0 Å². The molecule has 0 bridgehead atoms. The molecule has 6 nitrogen and oxygen atoms in total. The first-order chi connectivity index (χ1) is 12.7. The van der Waals surface area contributed by atoms with Crippen molar-refractivity contribution in [3.05, 3.63) is 46.8 Å². The van der Waals surface area contributed by atoms with E-state index in [1.54, 1.807) is 25.1 Å². The van der Waals surface area contributed by atoms with Crippen molar-refractivity contribution >= 4 is 5.91 Å². The monoisotopic (exact) mass is 374 g/mol. The smallest absolute Gasteiger partial charge is 0.255 e. The standard InChI is InChI=1S/C21H30N2O4/c1-14(2)10-11-21(5,25)13-22-20(24)17-8-6-7-9-19(17)26-12-18-15(3)23-27-16(18)4/h6-9,14,25H,10-13H2,1-5H3,(H,22,24). The first-order valence-corrected chi connectivity index (χ1v) is 9.34. The zero-order valence-corrected chi connectivity index (χ0v) is 16.8. The van der Waals surface area contributed by atoms with Crippen molar-refractivity contribution in [1.29, 1.82) is 0 Å². The molecular weight excluding hydrogens is 344 g/mol. The van der Waals surface area contributed by atoms with Crippen LogP contribution >= 0.6 is 0 Å². The van der Waals surface area contributed by atoms with E-state index in [0.29, 0.717) is 29.4 Å². The molecule has 27 heavy (non-hydrogen) atoms. The molecule has 0 saturated carbocycles. The highest BCUT2D eigenvalue weighted by Gasteiger charge is 2.23. The van der Waals surface area contributed by atoms with Gasteiger partial charge in [-0.3, -0.25) is 4.79 Å². The number of hydrogen-bond donors (Lipinski definition) is 2. The van der Waals surface area contributed by atoms with E-state index in [2.05, 4.69) is 24.3 Å². The van der Waals surface area contributed by atoms with Gasteiger partial charge in [-0.1, -0.05) is 31.1 Å². The number of para-hydroxylation sites is 1. The highest BCUT2D eigenvalue weighted by atomic mass is 16.5. The van der Waals surface area contributed by atoms with E-state index in [0.717, 1.165) is 17.7 Å². The lowest BCUT2D eigenvalue weighted by Crippen LogP contribution is -2.40. The molecule has 0 spiro atoms. The fraction of sp³-hybridized carbons (Fsp3) is 0.524. The van der Waals surface area contributed by atoms with E-state index in [9.17, 15) is 9.90 Å². The van der Waals surface area contributed by atoms with Gasteiger partial charge >= 0.3 is 0 Å². The summed E-state index contributed by atoms with van der Waals surface area (Å²) in [6, 6.07) is 7.07. The summed E-state index contributed by atoms with van der Waals surface area (Å²) >= 11 is 0. The van der Waals surface area contributed by atoms with Crippen LogP contribution in [0.2, 0.25) is 0 Å². The van der Waals surface area contributed by atoms with E-state index in [1.807, 2.05) is 19.9 Å². The van der Waals surface area contributed by atoms with E-state index in [-0.39, 0.29) is 19.1 Å². The normalized spacial score (nSPS) is 13.4. The Balaban J connectivity index is 2.00. The lowest BCUT2D eigenvalue weighted by molar-refractivity contribution is 0.0428. The summed E-state index contributed by atoms with van der Waals surface area (Å²) < 4.78 is 11.0. The van der Waals surface area contributed by atoms with Gasteiger partial charge in [-0.15, -0.1) is 0 Å². The summed E-state index contributed by atoms with van der Waals surface area (Å²) in [6.07, 6.45) is 1.54. The maximum absolute atomic E-state index is 12.6. The molecule has 0 fully saturated rings. The van der Waals surface area contributed by atoms with Gasteiger partial charge in [0.25, 0.3) is 5.91 Å². The highest BCUT2D eigenvalue weighted by Crippen LogP contribution is 2.22. The molecular formula is C21H30N2O4. The Labute approximate surface area is 160 Å². The van der Waals surface area contributed by atoms with Gasteiger partial charge < -0.3 is 19.7 Å². The number of ether oxygens (including phenoxy) is 1. The van der Waals surface area contributed by atoms with Crippen molar-refractivity contribution in [2.75, 3.05) is 6.54 Å². The predicted octanol–water partition coefficient (Wildman–Crippen LogP) is 3.79. The zero-order valence-electron chi connectivity index (χ0n) is 16.8. The Morgan fingerprint density at radius 1 is 1.33 bits per heavy atom. The van der Waals surface area contributed by atoms with E-state index in [1.165, 1.54) is 0 Å². The molecule has 2 rings (SSSR count). The molecule has 1 heterocycles. The largest absolute Gasteiger partial charge is 0.488 e. The first-order valence-electron chi connectivity index (χ1n) is 9.34. The highest BCUT2D eigenvalue weighted by molar-refractivity contribution is 5.96. The van der Waals surface area contributed by atoms with Crippen molar-refractivity contribution < 1.29 is 19.2 Å². The van der Waals surface area contributed by atoms with Gasteiger partial charge in [0.2, 0.25) is 0 Å². The number of carbonyl (C=O) groups is 1. The van der Waals surface area contributed by atoms with Gasteiger partial charge in [-0.05, 0) is 51.7 Å². The molecule has 148 valence electrons. The Morgan fingerprint density at radius 2 is 2.04 bits per heavy atom. The second-order valence-electron chi connectivity index (χ2n) is 7.70. The van der Waals surface area contributed by atoms with E-state index >= 15 is 0 Å². The van der Waals surface area contributed by atoms with Crippen LogP contribution in [0.15, 0.2) is 28.8 Å². The van der Waals surface area contributed by atoms with Gasteiger partial charge in [0.1, 0.15) is 18.1 Å². The summed E-state index contributed by atoms with van der Waals surface area (Å²) in [5.74, 6) is 1.42. The minimum Gasteiger partial charge on any atom is -0.488 e. The zero-order chi connectivity index (χ0) is 20.0. The van der Waals surface area contributed by atoms with Crippen LogP contribution in [0.1, 0.15) is 61.0 Å². The van der Waals surface area contributed by atoms with Crippen LogP contribution in [0, 0.1) is 19.8 Å². The van der Waals surface area contributed by atoms with Gasteiger partial charge in [0.05, 0.1) is 22.4 Å². The molecule has 2 N–H and O–H groups in total. The van der Waals surface area contributed by atoms with Crippen molar-refractivity contribution in [2.45, 2.75) is 59.7 Å². The predicted molar refractivity (Wildman–Crippen MR) is 104 cm³/mol. The Kier molecular flexibility index (Phi) is 7.02. The molecule has 0 radical (unpaired) electrons. The van der Waals surface area contributed by atoms with Crippen LogP contribution in [0.25, 0.3) is 0 Å². The topological polar surface area (TPSA) is 84.6 Å². The van der Waals surface area contributed by atoms with Crippen LogP contribution in [0.4, 0.5) is 0 Å². The first kappa shape index (κ1) is 21.0. The molecule has 0 aliphatic heterocycles. The summed E-state index contributed by atoms with van der Waals surface area (Å²) in [5, 5.41) is 17.2. The third kappa shape index (κ3) is 6.10. The lowest BCUT2D eigenvalue weighted by Gasteiger charge is -2.24. The maximum Gasteiger partial charge on any atom is 0.255 e. The molecule has 1 unspecified atom stereocenters. The average molecular weight is 374 g/mol. The Bertz CT molecular complexity index is 746. The number of aryl methyl sites for hydroxylation is 2. The van der Waals surface area contributed by atoms with Gasteiger partial charge in [0, 0.05) is 6.54 Å². The number of carbonyl (C=O) groups excluding carboxylic acids is 1. The number of rotatable bonds is 9. The lowest BCUT2D eigenvalue weighted by atomic mass is 9.95. The van der Waals surface area contributed by atoms with Crippen molar-refractivity contribution in [1.82, 2.24) is 10.5 Å². The summed E-state index contributed by atoms with van der Waals surface area (Å²) in [7, 11) is 0. The van der Waals surface area contributed by atoms with E-state index < -0.39 is 5.60 Å². The summed E-state index contributed by atoms with van der Waals surface area (Å²) in [4.78, 5) is 12.6. The number of nitrogens with one attached hydrogen (secondary N) is 1. The average Bonchev–Trinajstić information content (AvgIpc) is 2.94. The van der Waals surface area contributed by atoms with E-state index in [4.69, 9.17) is 9.26 Å². The molecule has 2 aromatic rings. The van der Waals surface area contributed by atoms with Gasteiger partial charge in [-0.25, -0.2) is 0 Å². The molecule has 1 amide bonds. The molecule has 0 aliphatic carbocycles. The van der Waals surface area contributed by atoms with Crippen LogP contribution in [0.3, 0.4) is 0 Å². The molecule has 1 aromatic carbocycles. The summed E-state index contributed by atoms with van der Waals surface area (Å²) in [6.45, 7) is 10.1. The minimum atomic E-state index is -0.938. The second kappa shape index (κ2) is 9.04. The quantitative estimate of drug-likeness (QED) is 0.698. The van der Waals surface area contributed by atoms with Gasteiger partial charge in [-0.2, -0.15) is 0 Å². The van der Waals surface area contributed by atoms with Crippen molar-refractivity contribution in [3.8, 4) is 5.75 Å². The van der Waals surface area contributed by atoms with Crippen LogP contribution in [-0.4, -0.2) is 28.3 Å². The third-order valence-electron chi connectivity index (χ3n) is 4.57. The molecule has 1 aromatic heterocycles. The molecule has 0 saturated heterocycles. The number of amides is 1. The fourth-order valence-corrected chi connectivity index (χ4v) is 2.69. The summed E-state index contributed by atoms with van der Waals surface area (Å²) in [5.41, 5.74) is 1.15. The van der Waals surface area contributed by atoms with Crippen molar-refractivity contribution in [3.63, 3.8) is 0 Å². The van der Waals surface area contributed by atoms with Crippen LogP contribution in [-0.2, 0) is 6.61 Å². The third-order valence-corrected chi connectivity index (χ3v) is 4.57. The Morgan fingerprint density at radius 3 is 2.67 bits per heavy atom. The Hall–Kier alpha value is -2.34. The second-order valence-corrected chi connectivity index (χ2v) is 7.70. The fourth-order valence-electron chi connectivity index (χ4n) is 2.69. The number of aliphatic hydroxyl groups is 1. The van der Waals surface area contributed by atoms with Crippen molar-refractivity contribution in [2.24, 2.45) is 5.92 Å². The molecule has 6 heteroatoms. The van der Waals surface area contributed by atoms with Crippen LogP contribution in [0.5, 0.6) is 5.75 Å². The van der Waals surface area contributed by atoms with Crippen LogP contribution < -0.4 is 10.1 Å². The molecule has 0 aliphatic rings. The number of aromatic nitrogens is 1. The minimum absolute atomic E-state index is 0.191. The maximum atomic E-state index is 12.6.